The molecule has 1 N–H and O–H groups in total. The summed E-state index contributed by atoms with van der Waals surface area (Å²) in [5.74, 6) is 0.628. The van der Waals surface area contributed by atoms with E-state index in [-0.39, 0.29) is 5.92 Å². The van der Waals surface area contributed by atoms with E-state index in [9.17, 15) is 4.79 Å². The van der Waals surface area contributed by atoms with Crippen molar-refractivity contribution in [1.29, 1.82) is 0 Å². The number of hydrogen-bond acceptors (Lipinski definition) is 4. The lowest BCUT2D eigenvalue weighted by atomic mass is 9.92. The first kappa shape index (κ1) is 15.0. The molecule has 2 aliphatic rings. The Balaban J connectivity index is 1.47. The van der Waals surface area contributed by atoms with Crippen LogP contribution in [0.3, 0.4) is 0 Å². The standard InChI is InChI=1S/C16H25N3OS/c1-13-10-15(2-4-17-13)16(20)19-7-5-18(6-8-19)11-14-3-9-21-12-14/h3,9,12-13,15,17H,2,4-8,10-11H2,1H3. The van der Waals surface area contributed by atoms with Crippen molar-refractivity contribution in [3.63, 3.8) is 0 Å². The van der Waals surface area contributed by atoms with Gasteiger partial charge in [-0.15, -0.1) is 0 Å². The van der Waals surface area contributed by atoms with E-state index in [2.05, 4.69) is 38.9 Å². The van der Waals surface area contributed by atoms with Crippen LogP contribution < -0.4 is 5.32 Å². The third-order valence-electron chi connectivity index (χ3n) is 4.64. The van der Waals surface area contributed by atoms with Crippen LogP contribution in [0.2, 0.25) is 0 Å². The minimum Gasteiger partial charge on any atom is -0.340 e. The smallest absolute Gasteiger partial charge is 0.225 e. The number of hydrogen-bond donors (Lipinski definition) is 1. The van der Waals surface area contributed by atoms with Gasteiger partial charge in [0.2, 0.25) is 5.91 Å². The molecule has 3 rings (SSSR count). The van der Waals surface area contributed by atoms with Crippen LogP contribution in [-0.4, -0.2) is 54.5 Å². The molecule has 0 aliphatic carbocycles. The van der Waals surface area contributed by atoms with E-state index in [4.69, 9.17) is 0 Å². The van der Waals surface area contributed by atoms with Crippen molar-refractivity contribution in [1.82, 2.24) is 15.1 Å². The molecule has 0 bridgehead atoms. The number of thiophene rings is 1. The first-order valence-corrected chi connectivity index (χ1v) is 8.92. The molecule has 1 aromatic rings. The number of nitrogens with zero attached hydrogens (tertiary/aromatic N) is 2. The predicted molar refractivity (Wildman–Crippen MR) is 86.4 cm³/mol. The Morgan fingerprint density at radius 3 is 2.86 bits per heavy atom. The topological polar surface area (TPSA) is 35.6 Å². The Morgan fingerprint density at radius 1 is 1.38 bits per heavy atom. The molecule has 2 fully saturated rings. The lowest BCUT2D eigenvalue weighted by Gasteiger charge is -2.38. The van der Waals surface area contributed by atoms with Gasteiger partial charge in [0, 0.05) is 44.7 Å². The Kier molecular flexibility index (Phi) is 4.93. The molecular formula is C16H25N3OS. The zero-order chi connectivity index (χ0) is 14.7. The van der Waals surface area contributed by atoms with Crippen molar-refractivity contribution >= 4 is 17.2 Å². The first-order chi connectivity index (χ1) is 10.2. The van der Waals surface area contributed by atoms with Gasteiger partial charge in [0.05, 0.1) is 0 Å². The van der Waals surface area contributed by atoms with Crippen molar-refractivity contribution < 1.29 is 4.79 Å². The Labute approximate surface area is 131 Å². The molecule has 2 unspecified atom stereocenters. The van der Waals surface area contributed by atoms with E-state index in [1.807, 2.05) is 0 Å². The summed E-state index contributed by atoms with van der Waals surface area (Å²) < 4.78 is 0. The summed E-state index contributed by atoms with van der Waals surface area (Å²) in [6.45, 7) is 7.97. The average Bonchev–Trinajstić information content (AvgIpc) is 3.00. The highest BCUT2D eigenvalue weighted by molar-refractivity contribution is 7.07. The van der Waals surface area contributed by atoms with Gasteiger partial charge in [-0.05, 0) is 48.7 Å². The maximum Gasteiger partial charge on any atom is 0.225 e. The van der Waals surface area contributed by atoms with Gasteiger partial charge in [-0.3, -0.25) is 9.69 Å². The van der Waals surface area contributed by atoms with E-state index in [0.29, 0.717) is 11.9 Å². The van der Waals surface area contributed by atoms with Crippen LogP contribution in [0, 0.1) is 5.92 Å². The molecule has 0 spiro atoms. The molecule has 5 heteroatoms. The van der Waals surface area contributed by atoms with Gasteiger partial charge >= 0.3 is 0 Å². The molecule has 3 heterocycles. The number of amides is 1. The quantitative estimate of drug-likeness (QED) is 0.924. The number of nitrogens with one attached hydrogen (secondary N) is 1. The summed E-state index contributed by atoms with van der Waals surface area (Å²) in [6.07, 6.45) is 1.99. The summed E-state index contributed by atoms with van der Waals surface area (Å²) >= 11 is 1.76. The molecule has 4 nitrogen and oxygen atoms in total. The third kappa shape index (κ3) is 3.84. The summed E-state index contributed by atoms with van der Waals surface area (Å²) in [7, 11) is 0. The van der Waals surface area contributed by atoms with Gasteiger partial charge in [-0.2, -0.15) is 11.3 Å². The number of rotatable bonds is 3. The second kappa shape index (κ2) is 6.90. The normalized spacial score (nSPS) is 27.8. The summed E-state index contributed by atoms with van der Waals surface area (Å²) in [5, 5.41) is 7.77. The molecule has 21 heavy (non-hydrogen) atoms. The molecule has 116 valence electrons. The molecule has 0 aromatic carbocycles. The van der Waals surface area contributed by atoms with E-state index < -0.39 is 0 Å². The highest BCUT2D eigenvalue weighted by atomic mass is 32.1. The summed E-state index contributed by atoms with van der Waals surface area (Å²) in [5.41, 5.74) is 1.40. The van der Waals surface area contributed by atoms with Crippen LogP contribution in [-0.2, 0) is 11.3 Å². The van der Waals surface area contributed by atoms with Gasteiger partial charge in [-0.1, -0.05) is 0 Å². The van der Waals surface area contributed by atoms with Crippen molar-refractivity contribution in [3.8, 4) is 0 Å². The van der Waals surface area contributed by atoms with Crippen molar-refractivity contribution in [2.24, 2.45) is 5.92 Å². The second-order valence-corrected chi connectivity index (χ2v) is 7.09. The maximum atomic E-state index is 12.6. The van der Waals surface area contributed by atoms with Crippen LogP contribution in [0.15, 0.2) is 16.8 Å². The van der Waals surface area contributed by atoms with Crippen molar-refractivity contribution in [2.45, 2.75) is 32.4 Å². The van der Waals surface area contributed by atoms with Gasteiger partial charge in [0.15, 0.2) is 0 Å². The SMILES string of the molecule is CC1CC(C(=O)N2CCN(Cc3ccsc3)CC2)CCN1. The number of carbonyl (C=O) groups is 1. The van der Waals surface area contributed by atoms with Crippen LogP contribution in [0.4, 0.5) is 0 Å². The Bertz CT molecular complexity index is 454. The molecule has 2 saturated heterocycles. The van der Waals surface area contributed by atoms with E-state index in [0.717, 1.165) is 52.1 Å². The number of piperazine rings is 1. The Morgan fingerprint density at radius 2 is 2.19 bits per heavy atom. The Hall–Kier alpha value is -0.910. The molecule has 1 aromatic heterocycles. The van der Waals surface area contributed by atoms with E-state index >= 15 is 0 Å². The molecule has 0 saturated carbocycles. The summed E-state index contributed by atoms with van der Waals surface area (Å²) in [4.78, 5) is 17.1. The van der Waals surface area contributed by atoms with Crippen molar-refractivity contribution in [3.05, 3.63) is 22.4 Å². The molecule has 2 aliphatic heterocycles. The molecule has 2 atom stereocenters. The fourth-order valence-corrected chi connectivity index (χ4v) is 4.04. The lowest BCUT2D eigenvalue weighted by molar-refractivity contribution is -0.138. The minimum absolute atomic E-state index is 0.240. The van der Waals surface area contributed by atoms with Gasteiger partial charge in [0.1, 0.15) is 0 Å². The lowest BCUT2D eigenvalue weighted by Crippen LogP contribution is -2.51. The van der Waals surface area contributed by atoms with Crippen LogP contribution >= 0.6 is 11.3 Å². The number of carbonyl (C=O) groups excluding carboxylic acids is 1. The summed E-state index contributed by atoms with van der Waals surface area (Å²) in [6, 6.07) is 2.67. The first-order valence-electron chi connectivity index (χ1n) is 7.98. The highest BCUT2D eigenvalue weighted by Gasteiger charge is 2.30. The maximum absolute atomic E-state index is 12.6. The zero-order valence-electron chi connectivity index (χ0n) is 12.8. The third-order valence-corrected chi connectivity index (χ3v) is 5.38. The molecule has 1 amide bonds. The fraction of sp³-hybridized carbons (Fsp3) is 0.688. The predicted octanol–water partition coefficient (Wildman–Crippen LogP) is 1.78. The van der Waals surface area contributed by atoms with Crippen LogP contribution in [0.1, 0.15) is 25.3 Å². The zero-order valence-corrected chi connectivity index (χ0v) is 13.6. The molecular weight excluding hydrogens is 282 g/mol. The fourth-order valence-electron chi connectivity index (χ4n) is 3.38. The molecule has 0 radical (unpaired) electrons. The number of piperidine rings is 1. The van der Waals surface area contributed by atoms with Gasteiger partial charge in [-0.25, -0.2) is 0 Å². The average molecular weight is 307 g/mol. The highest BCUT2D eigenvalue weighted by Crippen LogP contribution is 2.20. The van der Waals surface area contributed by atoms with Crippen molar-refractivity contribution in [2.75, 3.05) is 32.7 Å². The largest absolute Gasteiger partial charge is 0.340 e. The minimum atomic E-state index is 0.240. The second-order valence-electron chi connectivity index (χ2n) is 6.31. The van der Waals surface area contributed by atoms with Gasteiger partial charge < -0.3 is 10.2 Å². The van der Waals surface area contributed by atoms with Crippen LogP contribution in [0.5, 0.6) is 0 Å². The van der Waals surface area contributed by atoms with Crippen LogP contribution in [0.25, 0.3) is 0 Å². The van der Waals surface area contributed by atoms with E-state index in [1.54, 1.807) is 11.3 Å². The monoisotopic (exact) mass is 307 g/mol. The van der Waals surface area contributed by atoms with E-state index in [1.165, 1.54) is 5.56 Å². The van der Waals surface area contributed by atoms with Gasteiger partial charge in [0.25, 0.3) is 0 Å².